The smallest absolute Gasteiger partial charge is 0.205 e. The predicted molar refractivity (Wildman–Crippen MR) is 45.8 cm³/mol. The van der Waals surface area contributed by atoms with Crippen molar-refractivity contribution in [2.24, 2.45) is 0 Å². The molecule has 0 bridgehead atoms. The quantitative estimate of drug-likeness (QED) is 0.637. The molecular formula is C10H10F4. The third-order valence-corrected chi connectivity index (χ3v) is 2.02. The van der Waals surface area contributed by atoms with E-state index in [-0.39, 0.29) is 5.56 Å². The van der Waals surface area contributed by atoms with E-state index in [2.05, 4.69) is 0 Å². The molecule has 1 aromatic carbocycles. The predicted octanol–water partition coefficient (Wildman–Crippen LogP) is 4.18. The second-order valence-corrected chi connectivity index (χ2v) is 3.19. The molecule has 78 valence electrons. The number of halogens is 4. The molecule has 0 nitrogen and oxygen atoms in total. The van der Waals surface area contributed by atoms with Crippen LogP contribution in [0, 0.1) is 13.8 Å². The Kier molecular flexibility index (Phi) is 3.13. The van der Waals surface area contributed by atoms with Crippen molar-refractivity contribution < 1.29 is 17.6 Å². The zero-order valence-electron chi connectivity index (χ0n) is 7.82. The van der Waals surface area contributed by atoms with Gasteiger partial charge in [0, 0.05) is 11.1 Å². The second kappa shape index (κ2) is 3.98. The molecular weight excluding hydrogens is 196 g/mol. The lowest BCUT2D eigenvalue weighted by molar-refractivity contribution is 0.123. The standard InChI is InChI=1S/C10H10F4/c1-5-3-6(2)8(10(13)14)7(4-5)9(11)12/h3-4,9-10H,1-2H3. The van der Waals surface area contributed by atoms with Crippen LogP contribution in [0.15, 0.2) is 12.1 Å². The van der Waals surface area contributed by atoms with Crippen molar-refractivity contribution in [1.82, 2.24) is 0 Å². The van der Waals surface area contributed by atoms with Gasteiger partial charge in [-0.05, 0) is 25.5 Å². The van der Waals surface area contributed by atoms with Crippen LogP contribution in [-0.4, -0.2) is 0 Å². The summed E-state index contributed by atoms with van der Waals surface area (Å²) in [7, 11) is 0. The van der Waals surface area contributed by atoms with E-state index in [0.29, 0.717) is 5.56 Å². The van der Waals surface area contributed by atoms with E-state index in [1.807, 2.05) is 0 Å². The van der Waals surface area contributed by atoms with E-state index in [0.717, 1.165) is 6.07 Å². The normalized spacial score (nSPS) is 11.4. The van der Waals surface area contributed by atoms with E-state index in [9.17, 15) is 17.6 Å². The summed E-state index contributed by atoms with van der Waals surface area (Å²) in [4.78, 5) is 0. The third kappa shape index (κ3) is 2.05. The van der Waals surface area contributed by atoms with Crippen molar-refractivity contribution in [2.75, 3.05) is 0 Å². The molecule has 0 aromatic heterocycles. The Hall–Kier alpha value is -1.06. The molecule has 0 heterocycles. The summed E-state index contributed by atoms with van der Waals surface area (Å²) in [6.45, 7) is 3.02. The number of alkyl halides is 4. The van der Waals surface area contributed by atoms with Crippen molar-refractivity contribution in [3.63, 3.8) is 0 Å². The molecule has 0 saturated heterocycles. The minimum atomic E-state index is -2.85. The van der Waals surface area contributed by atoms with Gasteiger partial charge in [0.1, 0.15) is 0 Å². The zero-order chi connectivity index (χ0) is 10.9. The Morgan fingerprint density at radius 1 is 0.929 bits per heavy atom. The average Bonchev–Trinajstić information content (AvgIpc) is 2.01. The fraction of sp³-hybridized carbons (Fsp3) is 0.400. The summed E-state index contributed by atoms with van der Waals surface area (Å²) in [6.07, 6.45) is -5.70. The van der Waals surface area contributed by atoms with Crippen LogP contribution in [0.5, 0.6) is 0 Å². The number of aryl methyl sites for hydroxylation is 2. The highest BCUT2D eigenvalue weighted by molar-refractivity contribution is 5.39. The van der Waals surface area contributed by atoms with Gasteiger partial charge in [-0.1, -0.05) is 11.6 Å². The fourth-order valence-electron chi connectivity index (χ4n) is 1.49. The fourth-order valence-corrected chi connectivity index (χ4v) is 1.49. The maximum absolute atomic E-state index is 12.4. The SMILES string of the molecule is Cc1cc(C)c(C(F)F)c(C(F)F)c1. The molecule has 0 aliphatic heterocycles. The first kappa shape index (κ1) is 11.0. The van der Waals surface area contributed by atoms with Crippen LogP contribution in [0.3, 0.4) is 0 Å². The molecule has 14 heavy (non-hydrogen) atoms. The minimum Gasteiger partial charge on any atom is -0.205 e. The van der Waals surface area contributed by atoms with Crippen molar-refractivity contribution >= 4 is 0 Å². The van der Waals surface area contributed by atoms with Gasteiger partial charge in [-0.2, -0.15) is 0 Å². The largest absolute Gasteiger partial charge is 0.264 e. The van der Waals surface area contributed by atoms with E-state index in [1.54, 1.807) is 6.92 Å². The van der Waals surface area contributed by atoms with Gasteiger partial charge in [-0.3, -0.25) is 0 Å². The Morgan fingerprint density at radius 3 is 1.93 bits per heavy atom. The Balaban J connectivity index is 3.37. The van der Waals surface area contributed by atoms with E-state index in [1.165, 1.54) is 13.0 Å². The van der Waals surface area contributed by atoms with Crippen LogP contribution in [0.4, 0.5) is 17.6 Å². The van der Waals surface area contributed by atoms with Crippen molar-refractivity contribution in [3.05, 3.63) is 34.4 Å². The van der Waals surface area contributed by atoms with E-state index in [4.69, 9.17) is 0 Å². The van der Waals surface area contributed by atoms with Gasteiger partial charge in [0.15, 0.2) is 0 Å². The van der Waals surface area contributed by atoms with Gasteiger partial charge >= 0.3 is 0 Å². The lowest BCUT2D eigenvalue weighted by Crippen LogP contribution is -1.99. The number of hydrogen-bond acceptors (Lipinski definition) is 0. The molecule has 4 heteroatoms. The van der Waals surface area contributed by atoms with Crippen LogP contribution in [-0.2, 0) is 0 Å². The Labute approximate surface area is 79.6 Å². The van der Waals surface area contributed by atoms with Crippen molar-refractivity contribution in [1.29, 1.82) is 0 Å². The lowest BCUT2D eigenvalue weighted by Gasteiger charge is -2.12. The molecule has 0 atom stereocenters. The van der Waals surface area contributed by atoms with Crippen LogP contribution in [0.25, 0.3) is 0 Å². The topological polar surface area (TPSA) is 0 Å². The molecule has 0 aliphatic carbocycles. The summed E-state index contributed by atoms with van der Waals surface area (Å²) < 4.78 is 49.7. The Bertz CT molecular complexity index is 331. The summed E-state index contributed by atoms with van der Waals surface area (Å²) in [5.41, 5.74) is -0.305. The molecule has 0 N–H and O–H groups in total. The van der Waals surface area contributed by atoms with Gasteiger partial charge in [-0.15, -0.1) is 0 Å². The zero-order valence-corrected chi connectivity index (χ0v) is 7.82. The van der Waals surface area contributed by atoms with Crippen LogP contribution in [0.2, 0.25) is 0 Å². The van der Waals surface area contributed by atoms with Gasteiger partial charge in [0.2, 0.25) is 0 Å². The lowest BCUT2D eigenvalue weighted by atomic mass is 9.99. The summed E-state index contributed by atoms with van der Waals surface area (Å²) >= 11 is 0. The number of rotatable bonds is 2. The highest BCUT2D eigenvalue weighted by Crippen LogP contribution is 2.33. The molecule has 0 saturated carbocycles. The van der Waals surface area contributed by atoms with Gasteiger partial charge in [0.25, 0.3) is 12.9 Å². The summed E-state index contributed by atoms with van der Waals surface area (Å²) in [6, 6.07) is 2.59. The Morgan fingerprint density at radius 2 is 1.50 bits per heavy atom. The second-order valence-electron chi connectivity index (χ2n) is 3.19. The van der Waals surface area contributed by atoms with Crippen molar-refractivity contribution in [2.45, 2.75) is 26.7 Å². The van der Waals surface area contributed by atoms with E-state index >= 15 is 0 Å². The van der Waals surface area contributed by atoms with Crippen LogP contribution >= 0.6 is 0 Å². The first-order chi connectivity index (χ1) is 6.43. The minimum absolute atomic E-state index is 0.218. The number of hydrogen-bond donors (Lipinski definition) is 0. The highest BCUT2D eigenvalue weighted by Gasteiger charge is 2.21. The number of benzene rings is 1. The van der Waals surface area contributed by atoms with Crippen molar-refractivity contribution in [3.8, 4) is 0 Å². The first-order valence-corrected chi connectivity index (χ1v) is 4.10. The summed E-state index contributed by atoms with van der Waals surface area (Å²) in [5, 5.41) is 0. The van der Waals surface area contributed by atoms with Gasteiger partial charge in [-0.25, -0.2) is 17.6 Å². The van der Waals surface area contributed by atoms with Gasteiger partial charge in [0.05, 0.1) is 0 Å². The summed E-state index contributed by atoms with van der Waals surface area (Å²) in [5.74, 6) is 0. The third-order valence-electron chi connectivity index (χ3n) is 2.02. The monoisotopic (exact) mass is 206 g/mol. The van der Waals surface area contributed by atoms with Crippen LogP contribution in [0.1, 0.15) is 35.1 Å². The van der Waals surface area contributed by atoms with Crippen LogP contribution < -0.4 is 0 Å². The van der Waals surface area contributed by atoms with E-state index < -0.39 is 24.0 Å². The molecule has 0 spiro atoms. The molecule has 0 amide bonds. The highest BCUT2D eigenvalue weighted by atomic mass is 19.3. The maximum atomic E-state index is 12.4. The molecule has 0 radical (unpaired) electrons. The van der Waals surface area contributed by atoms with Gasteiger partial charge < -0.3 is 0 Å². The molecule has 1 rings (SSSR count). The molecule has 0 unspecified atom stereocenters. The average molecular weight is 206 g/mol. The molecule has 0 fully saturated rings. The molecule has 0 aliphatic rings. The molecule has 1 aromatic rings. The maximum Gasteiger partial charge on any atom is 0.264 e. The first-order valence-electron chi connectivity index (χ1n) is 4.10.